The molecule has 0 aromatic carbocycles. The molecule has 2 aromatic rings. The highest BCUT2D eigenvalue weighted by Crippen LogP contribution is 2.43. The number of fused-ring (bicyclic) bond motifs is 4. The predicted octanol–water partition coefficient (Wildman–Crippen LogP) is 2.98. The van der Waals surface area contributed by atoms with E-state index in [1.807, 2.05) is 6.92 Å². The van der Waals surface area contributed by atoms with Crippen molar-refractivity contribution in [2.45, 2.75) is 44.8 Å². The monoisotopic (exact) mass is 341 g/mol. The molecular formula is C19H20FN3O2. The number of aryl methyl sites for hydroxylation is 1. The molecule has 1 fully saturated rings. The van der Waals surface area contributed by atoms with E-state index in [2.05, 4.69) is 15.3 Å². The lowest BCUT2D eigenvalue weighted by Crippen LogP contribution is -2.25. The number of nitrogens with zero attached hydrogens (tertiary/aromatic N) is 2. The van der Waals surface area contributed by atoms with Crippen LogP contribution in [0.5, 0.6) is 0 Å². The Morgan fingerprint density at radius 1 is 1.40 bits per heavy atom. The molecule has 4 heterocycles. The van der Waals surface area contributed by atoms with Crippen LogP contribution in [0, 0.1) is 5.82 Å². The van der Waals surface area contributed by atoms with Gasteiger partial charge in [0.15, 0.2) is 0 Å². The minimum atomic E-state index is -0.366. The summed E-state index contributed by atoms with van der Waals surface area (Å²) in [5.74, 6) is -0.663. The second-order valence-corrected chi connectivity index (χ2v) is 6.55. The van der Waals surface area contributed by atoms with Gasteiger partial charge in [-0.05, 0) is 42.5 Å². The molecule has 6 heteroatoms. The molecule has 130 valence electrons. The normalized spacial score (nSPS) is 21.1. The van der Waals surface area contributed by atoms with Crippen LogP contribution in [0.15, 0.2) is 18.3 Å². The molecule has 0 unspecified atom stereocenters. The van der Waals surface area contributed by atoms with Gasteiger partial charge in [-0.25, -0.2) is 9.37 Å². The van der Waals surface area contributed by atoms with Crippen molar-refractivity contribution in [1.82, 2.24) is 15.3 Å². The van der Waals surface area contributed by atoms with Crippen molar-refractivity contribution >= 4 is 5.91 Å². The van der Waals surface area contributed by atoms with E-state index in [9.17, 15) is 9.18 Å². The van der Waals surface area contributed by atoms with Gasteiger partial charge in [0, 0.05) is 25.2 Å². The molecule has 2 aliphatic heterocycles. The van der Waals surface area contributed by atoms with Gasteiger partial charge < -0.3 is 10.1 Å². The zero-order chi connectivity index (χ0) is 17.6. The molecule has 4 rings (SSSR count). The highest BCUT2D eigenvalue weighted by atomic mass is 19.1. The van der Waals surface area contributed by atoms with Gasteiger partial charge in [0.1, 0.15) is 23.3 Å². The molecule has 0 aliphatic carbocycles. The number of amides is 1. The summed E-state index contributed by atoms with van der Waals surface area (Å²) in [5, 5.41) is 2.59. The number of nitrogens with one attached hydrogen (secondary N) is 1. The third-order valence-electron chi connectivity index (χ3n) is 5.02. The number of halogens is 1. The standard InChI is InChI=1S/C19H20FN3O2/c1-3-10-6-14(20)17(22-9-10)13-8-15(19(24)21-2)23-18-12(13)7-11-4-5-16(18)25-11/h6,8-9,11,16H,3-5,7H2,1-2H3,(H,21,24)/t11-,16+/m1/s1. The molecule has 2 aliphatic rings. The number of hydrogen-bond donors (Lipinski definition) is 1. The Kier molecular flexibility index (Phi) is 4.00. The predicted molar refractivity (Wildman–Crippen MR) is 90.7 cm³/mol. The lowest BCUT2D eigenvalue weighted by molar-refractivity contribution is 0.0295. The largest absolute Gasteiger partial charge is 0.368 e. The van der Waals surface area contributed by atoms with Crippen LogP contribution in [-0.4, -0.2) is 29.0 Å². The fourth-order valence-electron chi connectivity index (χ4n) is 3.68. The fraction of sp³-hybridized carbons (Fsp3) is 0.421. The van der Waals surface area contributed by atoms with Crippen LogP contribution >= 0.6 is 0 Å². The Hall–Kier alpha value is -2.34. The van der Waals surface area contributed by atoms with E-state index in [-0.39, 0.29) is 35.3 Å². The summed E-state index contributed by atoms with van der Waals surface area (Å²) in [4.78, 5) is 21.0. The zero-order valence-corrected chi connectivity index (χ0v) is 14.3. The maximum Gasteiger partial charge on any atom is 0.269 e. The summed E-state index contributed by atoms with van der Waals surface area (Å²) < 4.78 is 20.6. The first-order chi connectivity index (χ1) is 12.1. The maximum absolute atomic E-state index is 14.7. The fourth-order valence-corrected chi connectivity index (χ4v) is 3.68. The van der Waals surface area contributed by atoms with Gasteiger partial charge in [-0.3, -0.25) is 9.78 Å². The van der Waals surface area contributed by atoms with Gasteiger partial charge in [-0.15, -0.1) is 0 Å². The third-order valence-corrected chi connectivity index (χ3v) is 5.02. The number of aromatic nitrogens is 2. The van der Waals surface area contributed by atoms with E-state index in [1.54, 1.807) is 19.3 Å². The maximum atomic E-state index is 14.7. The lowest BCUT2D eigenvalue weighted by atomic mass is 9.94. The van der Waals surface area contributed by atoms with Crippen LogP contribution in [0.4, 0.5) is 4.39 Å². The second kappa shape index (κ2) is 6.19. The van der Waals surface area contributed by atoms with Gasteiger partial charge in [0.2, 0.25) is 0 Å². The van der Waals surface area contributed by atoms with Crippen molar-refractivity contribution in [1.29, 1.82) is 0 Å². The minimum Gasteiger partial charge on any atom is -0.368 e. The highest BCUT2D eigenvalue weighted by molar-refractivity contribution is 5.93. The van der Waals surface area contributed by atoms with E-state index in [4.69, 9.17) is 4.74 Å². The van der Waals surface area contributed by atoms with Crippen LogP contribution in [-0.2, 0) is 17.6 Å². The number of pyridine rings is 2. The quantitative estimate of drug-likeness (QED) is 0.932. The Bertz CT molecular complexity index is 853. The van der Waals surface area contributed by atoms with Crippen LogP contribution in [0.2, 0.25) is 0 Å². The SMILES string of the molecule is CCc1cnc(-c2cc(C(=O)NC)nc3c2C[C@H]2CC[C@@H]3O2)c(F)c1. The highest BCUT2D eigenvalue weighted by Gasteiger charge is 2.37. The van der Waals surface area contributed by atoms with Crippen molar-refractivity contribution in [3.05, 3.63) is 46.7 Å². The molecule has 1 N–H and O–H groups in total. The summed E-state index contributed by atoms with van der Waals surface area (Å²) in [5.41, 5.74) is 3.77. The van der Waals surface area contributed by atoms with Gasteiger partial charge in [-0.2, -0.15) is 0 Å². The van der Waals surface area contributed by atoms with Crippen molar-refractivity contribution in [3.8, 4) is 11.3 Å². The van der Waals surface area contributed by atoms with Crippen molar-refractivity contribution in [3.63, 3.8) is 0 Å². The van der Waals surface area contributed by atoms with E-state index < -0.39 is 0 Å². The van der Waals surface area contributed by atoms with E-state index in [0.29, 0.717) is 12.0 Å². The topological polar surface area (TPSA) is 64.1 Å². The Labute approximate surface area is 145 Å². The average Bonchev–Trinajstić information content (AvgIpc) is 3.02. The molecule has 2 bridgehead atoms. The Balaban J connectivity index is 1.92. The van der Waals surface area contributed by atoms with Crippen molar-refractivity contribution < 1.29 is 13.9 Å². The van der Waals surface area contributed by atoms with Gasteiger partial charge >= 0.3 is 0 Å². The number of ether oxygens (including phenoxy) is 1. The molecule has 0 spiro atoms. The van der Waals surface area contributed by atoms with E-state index in [0.717, 1.165) is 36.1 Å². The van der Waals surface area contributed by atoms with Crippen LogP contribution in [0.3, 0.4) is 0 Å². The Morgan fingerprint density at radius 2 is 2.24 bits per heavy atom. The smallest absolute Gasteiger partial charge is 0.269 e. The number of rotatable bonds is 3. The average molecular weight is 341 g/mol. The first-order valence-electron chi connectivity index (χ1n) is 8.66. The van der Waals surface area contributed by atoms with Gasteiger partial charge in [0.05, 0.1) is 11.8 Å². The Morgan fingerprint density at radius 3 is 2.96 bits per heavy atom. The molecule has 0 radical (unpaired) electrons. The van der Waals surface area contributed by atoms with Crippen molar-refractivity contribution in [2.24, 2.45) is 0 Å². The summed E-state index contributed by atoms with van der Waals surface area (Å²) >= 11 is 0. The first-order valence-corrected chi connectivity index (χ1v) is 8.66. The number of hydrogen-bond acceptors (Lipinski definition) is 4. The van der Waals surface area contributed by atoms with Crippen LogP contribution in [0.25, 0.3) is 11.3 Å². The second-order valence-electron chi connectivity index (χ2n) is 6.55. The van der Waals surface area contributed by atoms with E-state index in [1.165, 1.54) is 6.07 Å². The molecule has 5 nitrogen and oxygen atoms in total. The number of carbonyl (C=O) groups excluding carboxylic acids is 1. The van der Waals surface area contributed by atoms with E-state index >= 15 is 0 Å². The van der Waals surface area contributed by atoms with Crippen LogP contribution in [0.1, 0.15) is 53.2 Å². The summed E-state index contributed by atoms with van der Waals surface area (Å²) in [7, 11) is 1.56. The number of carbonyl (C=O) groups is 1. The molecule has 0 saturated carbocycles. The summed E-state index contributed by atoms with van der Waals surface area (Å²) in [6.07, 6.45) is 4.96. The minimum absolute atomic E-state index is 0.116. The first kappa shape index (κ1) is 16.1. The molecule has 1 saturated heterocycles. The summed E-state index contributed by atoms with van der Waals surface area (Å²) in [6.45, 7) is 1.96. The third kappa shape index (κ3) is 2.70. The molecule has 25 heavy (non-hydrogen) atoms. The van der Waals surface area contributed by atoms with Crippen molar-refractivity contribution in [2.75, 3.05) is 7.05 Å². The summed E-state index contributed by atoms with van der Waals surface area (Å²) in [6, 6.07) is 3.17. The molecule has 1 amide bonds. The van der Waals surface area contributed by atoms with Crippen LogP contribution < -0.4 is 5.32 Å². The molecular weight excluding hydrogens is 321 g/mol. The van der Waals surface area contributed by atoms with Gasteiger partial charge in [0.25, 0.3) is 5.91 Å². The van der Waals surface area contributed by atoms with Gasteiger partial charge in [-0.1, -0.05) is 6.92 Å². The molecule has 2 aromatic heterocycles. The molecule has 2 atom stereocenters. The lowest BCUT2D eigenvalue weighted by Gasteiger charge is -2.25. The zero-order valence-electron chi connectivity index (χ0n) is 14.3.